The number of allylic oxidation sites excluding steroid dienone is 1. The molecule has 2 aromatic carbocycles. The van der Waals surface area contributed by atoms with Gasteiger partial charge in [0.1, 0.15) is 17.1 Å². The van der Waals surface area contributed by atoms with Gasteiger partial charge in [0.15, 0.2) is 0 Å². The van der Waals surface area contributed by atoms with Gasteiger partial charge in [-0.3, -0.25) is 9.59 Å². The molecule has 2 aromatic rings. The highest BCUT2D eigenvalue weighted by molar-refractivity contribution is 9.10. The SMILES string of the molecule is CCCCC(C)(C)/C(O)=C(/C(=O)Nc1ccc(Br)c(Cl)c1)C(=O)N(C)Cc1cccc(F)c1Br. The minimum atomic E-state index is -0.810. The molecule has 2 N–H and O–H groups in total. The molecule has 5 nitrogen and oxygen atoms in total. The Morgan fingerprint density at radius 2 is 1.88 bits per heavy atom. The first-order valence-electron chi connectivity index (χ1n) is 10.8. The van der Waals surface area contributed by atoms with E-state index in [-0.39, 0.29) is 22.3 Å². The first-order chi connectivity index (χ1) is 15.9. The quantitative estimate of drug-likeness (QED) is 0.131. The van der Waals surface area contributed by atoms with Crippen molar-refractivity contribution in [3.63, 3.8) is 0 Å². The predicted molar refractivity (Wildman–Crippen MR) is 141 cm³/mol. The van der Waals surface area contributed by atoms with Gasteiger partial charge in [-0.15, -0.1) is 0 Å². The lowest BCUT2D eigenvalue weighted by Gasteiger charge is -2.27. The zero-order valence-electron chi connectivity index (χ0n) is 19.5. The molecule has 0 aliphatic rings. The molecule has 2 amide bonds. The van der Waals surface area contributed by atoms with Crippen molar-refractivity contribution < 1.29 is 19.1 Å². The van der Waals surface area contributed by atoms with Crippen LogP contribution in [0.3, 0.4) is 0 Å². The van der Waals surface area contributed by atoms with Gasteiger partial charge >= 0.3 is 0 Å². The van der Waals surface area contributed by atoms with E-state index in [1.807, 2.05) is 6.92 Å². The Kier molecular flexibility index (Phi) is 10.2. The summed E-state index contributed by atoms with van der Waals surface area (Å²) in [5, 5.41) is 14.2. The molecule has 0 fully saturated rings. The summed E-state index contributed by atoms with van der Waals surface area (Å²) in [5.74, 6) is -2.19. The van der Waals surface area contributed by atoms with Gasteiger partial charge in [-0.1, -0.05) is 57.3 Å². The first-order valence-corrected chi connectivity index (χ1v) is 12.7. The molecule has 2 rings (SSSR count). The Bertz CT molecular complexity index is 1110. The minimum absolute atomic E-state index is 0.0285. The summed E-state index contributed by atoms with van der Waals surface area (Å²) in [6, 6.07) is 9.36. The van der Waals surface area contributed by atoms with Crippen molar-refractivity contribution in [1.29, 1.82) is 0 Å². The fraction of sp³-hybridized carbons (Fsp3) is 0.360. The Labute approximate surface area is 221 Å². The number of nitrogens with zero attached hydrogens (tertiary/aromatic N) is 1. The van der Waals surface area contributed by atoms with Crippen LogP contribution in [0.1, 0.15) is 45.6 Å². The number of likely N-dealkylation sites (N-methyl/N-ethyl adjacent to an activating group) is 1. The lowest BCUT2D eigenvalue weighted by atomic mass is 9.82. The maximum Gasteiger partial charge on any atom is 0.264 e. The van der Waals surface area contributed by atoms with Gasteiger partial charge < -0.3 is 15.3 Å². The summed E-state index contributed by atoms with van der Waals surface area (Å²) < 4.78 is 14.8. The minimum Gasteiger partial charge on any atom is -0.511 e. The smallest absolute Gasteiger partial charge is 0.264 e. The second kappa shape index (κ2) is 12.2. The number of aliphatic hydroxyl groups excluding tert-OH is 1. The molecule has 0 heterocycles. The monoisotopic (exact) mass is 616 g/mol. The summed E-state index contributed by atoms with van der Waals surface area (Å²) in [6.45, 7) is 5.63. The van der Waals surface area contributed by atoms with Crippen LogP contribution in [0, 0.1) is 11.2 Å². The molecule has 184 valence electrons. The number of carbonyl (C=O) groups is 2. The molecule has 0 saturated carbocycles. The lowest BCUT2D eigenvalue weighted by Crippen LogP contribution is -2.36. The highest BCUT2D eigenvalue weighted by atomic mass is 79.9. The third kappa shape index (κ3) is 7.06. The number of aliphatic hydroxyl groups is 1. The molecular formula is C25H28Br2ClFN2O3. The molecule has 0 unspecified atom stereocenters. The molecule has 0 radical (unpaired) electrons. The van der Waals surface area contributed by atoms with E-state index >= 15 is 0 Å². The number of carbonyl (C=O) groups excluding carboxylic acids is 2. The zero-order valence-corrected chi connectivity index (χ0v) is 23.4. The van der Waals surface area contributed by atoms with Crippen LogP contribution in [0.4, 0.5) is 10.1 Å². The van der Waals surface area contributed by atoms with Crippen LogP contribution in [0.15, 0.2) is 56.7 Å². The van der Waals surface area contributed by atoms with Crippen molar-refractivity contribution >= 4 is 61.0 Å². The third-order valence-electron chi connectivity index (χ3n) is 5.44. The number of hydrogen-bond donors (Lipinski definition) is 2. The number of halogens is 4. The number of rotatable bonds is 9. The van der Waals surface area contributed by atoms with Crippen LogP contribution in [0.2, 0.25) is 5.02 Å². The van der Waals surface area contributed by atoms with Crippen LogP contribution in [-0.4, -0.2) is 28.9 Å². The van der Waals surface area contributed by atoms with E-state index in [0.29, 0.717) is 27.2 Å². The number of anilines is 1. The van der Waals surface area contributed by atoms with Gasteiger partial charge in [-0.2, -0.15) is 0 Å². The molecule has 0 aliphatic heterocycles. The summed E-state index contributed by atoms with van der Waals surface area (Å²) in [6.07, 6.45) is 2.30. The highest BCUT2D eigenvalue weighted by Gasteiger charge is 2.34. The molecule has 9 heteroatoms. The van der Waals surface area contributed by atoms with Gasteiger partial charge in [-0.05, 0) is 68.1 Å². The number of nitrogens with one attached hydrogen (secondary N) is 1. The zero-order chi connectivity index (χ0) is 25.6. The number of benzene rings is 2. The molecule has 0 atom stereocenters. The van der Waals surface area contributed by atoms with E-state index in [1.54, 1.807) is 44.2 Å². The maximum absolute atomic E-state index is 13.9. The third-order valence-corrected chi connectivity index (χ3v) is 7.56. The van der Waals surface area contributed by atoms with Gasteiger partial charge in [0, 0.05) is 29.2 Å². The van der Waals surface area contributed by atoms with Gasteiger partial charge in [0.25, 0.3) is 11.8 Å². The first kappa shape index (κ1) is 28.3. The number of hydrogen-bond acceptors (Lipinski definition) is 3. The molecule has 0 spiro atoms. The Hall–Kier alpha value is -1.90. The van der Waals surface area contributed by atoms with Crippen molar-refractivity contribution in [3.8, 4) is 0 Å². The molecule has 0 saturated heterocycles. The van der Waals surface area contributed by atoms with E-state index in [9.17, 15) is 19.1 Å². The summed E-state index contributed by atoms with van der Waals surface area (Å²) in [5.41, 5.74) is -0.274. The van der Waals surface area contributed by atoms with E-state index < -0.39 is 23.0 Å². The van der Waals surface area contributed by atoms with Gasteiger partial charge in [0.2, 0.25) is 0 Å². The topological polar surface area (TPSA) is 69.6 Å². The molecular weight excluding hydrogens is 591 g/mol. The van der Waals surface area contributed by atoms with E-state index in [2.05, 4.69) is 37.2 Å². The second-order valence-corrected chi connectivity index (χ2v) is 10.7. The lowest BCUT2D eigenvalue weighted by molar-refractivity contribution is -0.129. The highest BCUT2D eigenvalue weighted by Crippen LogP contribution is 2.34. The van der Waals surface area contributed by atoms with Crippen LogP contribution in [-0.2, 0) is 16.1 Å². The van der Waals surface area contributed by atoms with Gasteiger partial charge in [0.05, 0.1) is 9.50 Å². The van der Waals surface area contributed by atoms with Crippen LogP contribution in [0.5, 0.6) is 0 Å². The summed E-state index contributed by atoms with van der Waals surface area (Å²) in [7, 11) is 1.50. The number of unbranched alkanes of at least 4 members (excludes halogenated alkanes) is 1. The molecule has 0 aromatic heterocycles. The second-order valence-electron chi connectivity index (χ2n) is 8.67. The average molecular weight is 619 g/mol. The van der Waals surface area contributed by atoms with Crippen LogP contribution < -0.4 is 5.32 Å². The Morgan fingerprint density at radius 3 is 2.50 bits per heavy atom. The molecule has 0 bridgehead atoms. The summed E-state index contributed by atoms with van der Waals surface area (Å²) >= 11 is 12.6. The van der Waals surface area contributed by atoms with E-state index in [4.69, 9.17) is 11.6 Å². The fourth-order valence-electron chi connectivity index (χ4n) is 3.34. The van der Waals surface area contributed by atoms with Crippen molar-refractivity contribution in [2.24, 2.45) is 5.41 Å². The van der Waals surface area contributed by atoms with Crippen molar-refractivity contribution in [2.45, 2.75) is 46.6 Å². The van der Waals surface area contributed by atoms with E-state index in [1.165, 1.54) is 18.0 Å². The van der Waals surface area contributed by atoms with Crippen molar-refractivity contribution in [2.75, 3.05) is 12.4 Å². The van der Waals surface area contributed by atoms with Crippen LogP contribution >= 0.6 is 43.5 Å². The normalized spacial score (nSPS) is 12.2. The molecule has 0 aliphatic carbocycles. The summed E-state index contributed by atoms with van der Waals surface area (Å²) in [4.78, 5) is 28.0. The predicted octanol–water partition coefficient (Wildman–Crippen LogP) is 7.63. The van der Waals surface area contributed by atoms with Crippen molar-refractivity contribution in [1.82, 2.24) is 4.90 Å². The number of amides is 2. The van der Waals surface area contributed by atoms with Crippen molar-refractivity contribution in [3.05, 3.63) is 73.1 Å². The van der Waals surface area contributed by atoms with Gasteiger partial charge in [-0.25, -0.2) is 4.39 Å². The standard InChI is InChI=1S/C25H28Br2ClFN2O3/c1-5-6-12-25(2,3)22(32)20(23(33)30-16-10-11-17(26)18(28)13-16)24(34)31(4)14-15-8-7-9-19(29)21(15)27/h7-11,13,32H,5-6,12,14H2,1-4H3,(H,30,33)/b22-20+. The molecule has 34 heavy (non-hydrogen) atoms. The maximum atomic E-state index is 13.9. The Balaban J connectivity index is 2.45. The largest absolute Gasteiger partial charge is 0.511 e. The average Bonchev–Trinajstić information content (AvgIpc) is 2.78. The fourth-order valence-corrected chi connectivity index (χ4v) is 4.15. The van der Waals surface area contributed by atoms with Crippen LogP contribution in [0.25, 0.3) is 0 Å². The Morgan fingerprint density at radius 1 is 1.21 bits per heavy atom. The van der Waals surface area contributed by atoms with E-state index in [0.717, 1.165) is 12.8 Å².